The van der Waals surface area contributed by atoms with E-state index in [2.05, 4.69) is 20.3 Å². The number of piperazine rings is 1. The highest BCUT2D eigenvalue weighted by atomic mass is 35.5. The molecule has 1 aliphatic rings. The summed E-state index contributed by atoms with van der Waals surface area (Å²) in [5.74, 6) is 0.423. The normalized spacial score (nSPS) is 15.4. The molecule has 9 nitrogen and oxygen atoms in total. The molecule has 2 aromatic heterocycles. The zero-order valence-corrected chi connectivity index (χ0v) is 18.6. The van der Waals surface area contributed by atoms with Gasteiger partial charge in [0.05, 0.1) is 29.0 Å². The Bertz CT molecular complexity index is 1160. The van der Waals surface area contributed by atoms with Crippen molar-refractivity contribution in [1.82, 2.24) is 24.6 Å². The van der Waals surface area contributed by atoms with Crippen molar-refractivity contribution in [3.63, 3.8) is 0 Å². The lowest BCUT2D eigenvalue weighted by molar-refractivity contribution is -0.117. The lowest BCUT2D eigenvalue weighted by atomic mass is 10.1. The van der Waals surface area contributed by atoms with Gasteiger partial charge in [-0.2, -0.15) is 10.1 Å². The van der Waals surface area contributed by atoms with Crippen LogP contribution < -0.4 is 15.8 Å². The topological polar surface area (TPSA) is 99.2 Å². The van der Waals surface area contributed by atoms with Gasteiger partial charge in [-0.1, -0.05) is 23.7 Å². The van der Waals surface area contributed by atoms with E-state index in [4.69, 9.17) is 16.6 Å². The quantitative estimate of drug-likeness (QED) is 0.641. The predicted molar refractivity (Wildman–Crippen MR) is 122 cm³/mol. The van der Waals surface area contributed by atoms with Crippen molar-refractivity contribution in [2.24, 2.45) is 0 Å². The lowest BCUT2D eigenvalue weighted by Crippen LogP contribution is -2.49. The van der Waals surface area contributed by atoms with Crippen molar-refractivity contribution >= 4 is 40.2 Å². The summed E-state index contributed by atoms with van der Waals surface area (Å²) >= 11 is 6.11. The third-order valence-corrected chi connectivity index (χ3v) is 5.58. The molecule has 0 radical (unpaired) electrons. The molecule has 0 aliphatic carbocycles. The summed E-state index contributed by atoms with van der Waals surface area (Å²) in [4.78, 5) is 36.6. The second-order valence-corrected chi connectivity index (χ2v) is 9.05. The van der Waals surface area contributed by atoms with Crippen LogP contribution in [0.3, 0.4) is 0 Å². The molecule has 1 fully saturated rings. The van der Waals surface area contributed by atoms with Crippen molar-refractivity contribution in [3.8, 4) is 0 Å². The monoisotopic (exact) mass is 443 g/mol. The highest BCUT2D eigenvalue weighted by Gasteiger charge is 2.24. The Balaban J connectivity index is 1.42. The Hall–Kier alpha value is -2.91. The van der Waals surface area contributed by atoms with E-state index < -0.39 is 0 Å². The number of nitrogens with one attached hydrogen (secondary N) is 2. The molecule has 0 unspecified atom stereocenters. The fourth-order valence-corrected chi connectivity index (χ4v) is 3.80. The maximum absolute atomic E-state index is 12.5. The van der Waals surface area contributed by atoms with Crippen LogP contribution in [0, 0.1) is 0 Å². The number of aromatic amines is 1. The number of benzene rings is 1. The van der Waals surface area contributed by atoms with E-state index in [1.54, 1.807) is 23.0 Å². The SMILES string of the molecule is CC(C)(C)n1ncc2c(=O)[nH]c(N3CCN(CC(=O)Nc4ccccc4Cl)CC3)nc21. The van der Waals surface area contributed by atoms with Gasteiger partial charge in [0.2, 0.25) is 11.9 Å². The van der Waals surface area contributed by atoms with Crippen molar-refractivity contribution in [1.29, 1.82) is 0 Å². The maximum atomic E-state index is 12.5. The molecule has 10 heteroatoms. The predicted octanol–water partition coefficient (Wildman–Crippen LogP) is 2.29. The van der Waals surface area contributed by atoms with E-state index in [1.807, 2.05) is 37.8 Å². The fourth-order valence-electron chi connectivity index (χ4n) is 3.62. The highest BCUT2D eigenvalue weighted by Crippen LogP contribution is 2.21. The molecule has 0 atom stereocenters. The van der Waals surface area contributed by atoms with Crippen molar-refractivity contribution in [2.75, 3.05) is 42.9 Å². The van der Waals surface area contributed by atoms with Crippen LogP contribution in [0.1, 0.15) is 20.8 Å². The van der Waals surface area contributed by atoms with E-state index in [9.17, 15) is 9.59 Å². The molecular weight excluding hydrogens is 418 g/mol. The summed E-state index contributed by atoms with van der Waals surface area (Å²) in [6.07, 6.45) is 1.56. The number of hydrogen-bond donors (Lipinski definition) is 2. The van der Waals surface area contributed by atoms with Gasteiger partial charge in [0.1, 0.15) is 5.39 Å². The van der Waals surface area contributed by atoms with Crippen LogP contribution in [-0.2, 0) is 10.3 Å². The van der Waals surface area contributed by atoms with Crippen LogP contribution in [0.5, 0.6) is 0 Å². The Morgan fingerprint density at radius 1 is 1.19 bits per heavy atom. The van der Waals surface area contributed by atoms with Crippen LogP contribution in [0.25, 0.3) is 11.0 Å². The average molecular weight is 444 g/mol. The lowest BCUT2D eigenvalue weighted by Gasteiger charge is -2.34. The van der Waals surface area contributed by atoms with Crippen molar-refractivity contribution in [2.45, 2.75) is 26.3 Å². The zero-order chi connectivity index (χ0) is 22.2. The van der Waals surface area contributed by atoms with Gasteiger partial charge in [0.15, 0.2) is 5.65 Å². The summed E-state index contributed by atoms with van der Waals surface area (Å²) in [6.45, 7) is 9.00. The van der Waals surface area contributed by atoms with Crippen LogP contribution in [0.15, 0.2) is 35.3 Å². The number of hydrogen-bond acceptors (Lipinski definition) is 6. The maximum Gasteiger partial charge on any atom is 0.263 e. The number of aromatic nitrogens is 4. The van der Waals surface area contributed by atoms with Gasteiger partial charge in [-0.15, -0.1) is 0 Å². The Labute approximate surface area is 185 Å². The van der Waals surface area contributed by atoms with Crippen molar-refractivity contribution in [3.05, 3.63) is 45.8 Å². The van der Waals surface area contributed by atoms with E-state index in [-0.39, 0.29) is 23.6 Å². The van der Waals surface area contributed by atoms with Crippen LogP contribution >= 0.6 is 11.6 Å². The van der Waals surface area contributed by atoms with Gasteiger partial charge in [0.25, 0.3) is 5.56 Å². The number of H-pyrrole nitrogens is 1. The number of nitrogens with zero attached hydrogens (tertiary/aromatic N) is 5. The Kier molecular flexibility index (Phi) is 5.72. The molecule has 4 rings (SSSR count). The molecule has 0 bridgehead atoms. The molecule has 164 valence electrons. The summed E-state index contributed by atoms with van der Waals surface area (Å²) in [5, 5.41) is 8.20. The summed E-state index contributed by atoms with van der Waals surface area (Å²) < 4.78 is 1.77. The van der Waals surface area contributed by atoms with E-state index in [0.717, 1.165) is 0 Å². The largest absolute Gasteiger partial charge is 0.340 e. The van der Waals surface area contributed by atoms with Gasteiger partial charge in [0, 0.05) is 26.2 Å². The number of carbonyl (C=O) groups is 1. The van der Waals surface area contributed by atoms with Crippen molar-refractivity contribution < 1.29 is 4.79 Å². The highest BCUT2D eigenvalue weighted by molar-refractivity contribution is 6.33. The molecule has 3 aromatic rings. The molecule has 31 heavy (non-hydrogen) atoms. The molecular formula is C21H26ClN7O2. The minimum Gasteiger partial charge on any atom is -0.340 e. The minimum absolute atomic E-state index is 0.108. The first kappa shape index (κ1) is 21.3. The fraction of sp³-hybridized carbons (Fsp3) is 0.429. The second-order valence-electron chi connectivity index (χ2n) is 8.65. The van der Waals surface area contributed by atoms with E-state index in [1.165, 1.54) is 0 Å². The number of para-hydroxylation sites is 1. The van der Waals surface area contributed by atoms with Crippen LogP contribution in [0.2, 0.25) is 5.02 Å². The molecule has 1 amide bonds. The smallest absolute Gasteiger partial charge is 0.263 e. The summed E-state index contributed by atoms with van der Waals surface area (Å²) in [6, 6.07) is 7.17. The third-order valence-electron chi connectivity index (χ3n) is 5.25. The number of rotatable bonds is 4. The van der Waals surface area contributed by atoms with Gasteiger partial charge in [-0.05, 0) is 32.9 Å². The molecule has 1 saturated heterocycles. The molecule has 3 heterocycles. The number of anilines is 2. The van der Waals surface area contributed by atoms with Gasteiger partial charge < -0.3 is 10.2 Å². The number of amides is 1. The minimum atomic E-state index is -0.284. The third kappa shape index (κ3) is 4.57. The summed E-state index contributed by atoms with van der Waals surface area (Å²) in [5.41, 5.74) is 0.705. The van der Waals surface area contributed by atoms with E-state index >= 15 is 0 Å². The molecule has 1 aliphatic heterocycles. The first-order valence-electron chi connectivity index (χ1n) is 10.2. The van der Waals surface area contributed by atoms with Crippen LogP contribution in [0.4, 0.5) is 11.6 Å². The number of fused-ring (bicyclic) bond motifs is 1. The molecule has 0 spiro atoms. The van der Waals surface area contributed by atoms with E-state index in [0.29, 0.717) is 53.9 Å². The number of carbonyl (C=O) groups excluding carboxylic acids is 1. The summed E-state index contributed by atoms with van der Waals surface area (Å²) in [7, 11) is 0. The van der Waals surface area contributed by atoms with Gasteiger partial charge in [-0.25, -0.2) is 4.68 Å². The first-order chi connectivity index (χ1) is 14.7. The zero-order valence-electron chi connectivity index (χ0n) is 17.9. The standard InChI is InChI=1S/C21H26ClN7O2/c1-21(2,3)29-18-14(12-23-29)19(31)26-20(25-18)28-10-8-27(9-11-28)13-17(30)24-16-7-5-4-6-15(16)22/h4-7,12H,8-11,13H2,1-3H3,(H,24,30)(H,25,26,31). The van der Waals surface area contributed by atoms with Gasteiger partial charge in [-0.3, -0.25) is 19.5 Å². The Morgan fingerprint density at radius 2 is 1.90 bits per heavy atom. The van der Waals surface area contributed by atoms with Gasteiger partial charge >= 0.3 is 0 Å². The molecule has 2 N–H and O–H groups in total. The second kappa shape index (κ2) is 8.32. The van der Waals surface area contributed by atoms with Crippen LogP contribution in [-0.4, -0.2) is 63.3 Å². The molecule has 1 aromatic carbocycles. The first-order valence-corrected chi connectivity index (χ1v) is 10.6. The average Bonchev–Trinajstić information content (AvgIpc) is 3.15. The molecule has 0 saturated carbocycles. The number of halogens is 1. The Morgan fingerprint density at radius 3 is 2.58 bits per heavy atom.